The van der Waals surface area contributed by atoms with Crippen LogP contribution in [0.25, 0.3) is 0 Å². The third kappa shape index (κ3) is 4.91. The van der Waals surface area contributed by atoms with Crippen LogP contribution in [0.15, 0.2) is 59.5 Å². The lowest BCUT2D eigenvalue weighted by Crippen LogP contribution is -2.32. The molecule has 3 rings (SSSR count). The lowest BCUT2D eigenvalue weighted by molar-refractivity contribution is 0.0857. The van der Waals surface area contributed by atoms with Crippen molar-refractivity contribution in [2.24, 2.45) is 0 Å². The molecular formula is C19H22N2O4S. The number of rotatable bonds is 7. The molecule has 26 heavy (non-hydrogen) atoms. The van der Waals surface area contributed by atoms with E-state index in [9.17, 15) is 13.2 Å². The van der Waals surface area contributed by atoms with E-state index in [0.717, 1.165) is 25.0 Å². The number of nitrogens with one attached hydrogen (secondary N) is 2. The Kier molecular flexibility index (Phi) is 6.03. The average molecular weight is 374 g/mol. The van der Waals surface area contributed by atoms with E-state index in [1.54, 1.807) is 12.1 Å². The van der Waals surface area contributed by atoms with Crippen LogP contribution in [0.1, 0.15) is 28.8 Å². The van der Waals surface area contributed by atoms with Crippen molar-refractivity contribution in [3.05, 3.63) is 65.7 Å². The van der Waals surface area contributed by atoms with E-state index in [0.29, 0.717) is 12.1 Å². The summed E-state index contributed by atoms with van der Waals surface area (Å²) in [6.45, 7) is 1.35. The molecule has 2 aromatic carbocycles. The van der Waals surface area contributed by atoms with Gasteiger partial charge in [0, 0.05) is 25.3 Å². The maximum atomic E-state index is 12.5. The Morgan fingerprint density at radius 3 is 2.65 bits per heavy atom. The average Bonchev–Trinajstić information content (AvgIpc) is 3.19. The smallest absolute Gasteiger partial charge is 0.251 e. The largest absolute Gasteiger partial charge is 0.376 e. The maximum Gasteiger partial charge on any atom is 0.251 e. The molecule has 1 amide bonds. The third-order valence-electron chi connectivity index (χ3n) is 4.23. The van der Waals surface area contributed by atoms with Crippen LogP contribution in [-0.4, -0.2) is 33.6 Å². The van der Waals surface area contributed by atoms with Crippen molar-refractivity contribution in [3.63, 3.8) is 0 Å². The molecule has 138 valence electrons. The number of hydrogen-bond donors (Lipinski definition) is 2. The van der Waals surface area contributed by atoms with E-state index in [2.05, 4.69) is 10.0 Å². The SMILES string of the molecule is O=C(NC[C@H]1CCCO1)c1cccc(S(=O)(=O)NCc2ccccc2)c1. The standard InChI is InChI=1S/C19H22N2O4S/c22-19(20-14-17-9-5-11-25-17)16-8-4-10-18(12-16)26(23,24)21-13-15-6-2-1-3-7-15/h1-4,6-8,10,12,17,21H,5,9,11,13-14H2,(H,20,22)/t17-/m1/s1. The van der Waals surface area contributed by atoms with Crippen molar-refractivity contribution in [3.8, 4) is 0 Å². The van der Waals surface area contributed by atoms with Crippen molar-refractivity contribution in [2.75, 3.05) is 13.2 Å². The Morgan fingerprint density at radius 2 is 1.92 bits per heavy atom. The zero-order valence-electron chi connectivity index (χ0n) is 14.4. The van der Waals surface area contributed by atoms with Crippen LogP contribution in [0.4, 0.5) is 0 Å². The highest BCUT2D eigenvalue weighted by Gasteiger charge is 2.19. The second kappa shape index (κ2) is 8.44. The summed E-state index contributed by atoms with van der Waals surface area (Å²) >= 11 is 0. The Labute approximate surface area is 153 Å². The monoisotopic (exact) mass is 374 g/mol. The maximum absolute atomic E-state index is 12.5. The molecule has 0 aliphatic carbocycles. The summed E-state index contributed by atoms with van der Waals surface area (Å²) in [4.78, 5) is 12.3. The molecule has 1 aliphatic heterocycles. The number of amides is 1. The molecule has 0 radical (unpaired) electrons. The fourth-order valence-corrected chi connectivity index (χ4v) is 3.84. The summed E-state index contributed by atoms with van der Waals surface area (Å²) < 4.78 is 33.0. The highest BCUT2D eigenvalue weighted by Crippen LogP contribution is 2.14. The Morgan fingerprint density at radius 1 is 1.12 bits per heavy atom. The molecule has 7 heteroatoms. The first-order valence-corrected chi connectivity index (χ1v) is 10.1. The first kappa shape index (κ1) is 18.6. The molecule has 1 heterocycles. The van der Waals surface area contributed by atoms with Crippen LogP contribution in [0, 0.1) is 0 Å². The van der Waals surface area contributed by atoms with E-state index in [1.165, 1.54) is 12.1 Å². The minimum atomic E-state index is -3.70. The Balaban J connectivity index is 1.64. The summed E-state index contributed by atoms with van der Waals surface area (Å²) in [5, 5.41) is 2.80. The minimum Gasteiger partial charge on any atom is -0.376 e. The molecular weight excluding hydrogens is 352 g/mol. The summed E-state index contributed by atoms with van der Waals surface area (Å²) in [6.07, 6.45) is 1.97. The number of ether oxygens (including phenoxy) is 1. The van der Waals surface area contributed by atoms with Gasteiger partial charge in [-0.25, -0.2) is 13.1 Å². The van der Waals surface area contributed by atoms with Gasteiger partial charge < -0.3 is 10.1 Å². The van der Waals surface area contributed by atoms with Gasteiger partial charge in [0.15, 0.2) is 0 Å². The van der Waals surface area contributed by atoms with E-state index in [-0.39, 0.29) is 23.5 Å². The highest BCUT2D eigenvalue weighted by atomic mass is 32.2. The van der Waals surface area contributed by atoms with E-state index in [1.807, 2.05) is 30.3 Å². The predicted octanol–water partition coefficient (Wildman–Crippen LogP) is 2.07. The fourth-order valence-electron chi connectivity index (χ4n) is 2.78. The van der Waals surface area contributed by atoms with Crippen molar-refractivity contribution >= 4 is 15.9 Å². The quantitative estimate of drug-likeness (QED) is 0.777. The summed E-state index contributed by atoms with van der Waals surface area (Å²) in [7, 11) is -3.70. The molecule has 0 unspecified atom stereocenters. The van der Waals surface area contributed by atoms with Crippen molar-refractivity contribution < 1.29 is 17.9 Å². The van der Waals surface area contributed by atoms with Gasteiger partial charge in [-0.2, -0.15) is 0 Å². The van der Waals surface area contributed by atoms with E-state index in [4.69, 9.17) is 4.74 Å². The van der Waals surface area contributed by atoms with Gasteiger partial charge in [0.25, 0.3) is 5.91 Å². The van der Waals surface area contributed by atoms with Gasteiger partial charge in [-0.1, -0.05) is 36.4 Å². The first-order valence-electron chi connectivity index (χ1n) is 8.58. The van der Waals surface area contributed by atoms with E-state index >= 15 is 0 Å². The van der Waals surface area contributed by atoms with Gasteiger partial charge in [0.1, 0.15) is 0 Å². The van der Waals surface area contributed by atoms with E-state index < -0.39 is 10.0 Å². The first-order chi connectivity index (χ1) is 12.5. The van der Waals surface area contributed by atoms with Crippen LogP contribution < -0.4 is 10.0 Å². The number of hydrogen-bond acceptors (Lipinski definition) is 4. The number of benzene rings is 2. The number of carbonyl (C=O) groups excluding carboxylic acids is 1. The van der Waals surface area contributed by atoms with Crippen LogP contribution in [0.3, 0.4) is 0 Å². The molecule has 0 aromatic heterocycles. The molecule has 2 N–H and O–H groups in total. The molecule has 2 aromatic rings. The molecule has 1 aliphatic rings. The van der Waals surface area contributed by atoms with Gasteiger partial charge in [-0.05, 0) is 36.6 Å². The summed E-state index contributed by atoms with van der Waals surface area (Å²) in [6, 6.07) is 15.3. The summed E-state index contributed by atoms with van der Waals surface area (Å²) in [5.41, 5.74) is 1.17. The topological polar surface area (TPSA) is 84.5 Å². The Hall–Kier alpha value is -2.22. The highest BCUT2D eigenvalue weighted by molar-refractivity contribution is 7.89. The van der Waals surface area contributed by atoms with Gasteiger partial charge in [0.05, 0.1) is 11.0 Å². The molecule has 1 saturated heterocycles. The molecule has 0 bridgehead atoms. The fraction of sp³-hybridized carbons (Fsp3) is 0.316. The lowest BCUT2D eigenvalue weighted by Gasteiger charge is -2.12. The predicted molar refractivity (Wildman–Crippen MR) is 98.2 cm³/mol. The zero-order valence-corrected chi connectivity index (χ0v) is 15.2. The zero-order chi connectivity index (χ0) is 18.4. The van der Waals surface area contributed by atoms with Gasteiger partial charge in [0.2, 0.25) is 10.0 Å². The molecule has 0 saturated carbocycles. The van der Waals surface area contributed by atoms with Gasteiger partial charge >= 0.3 is 0 Å². The molecule has 6 nitrogen and oxygen atoms in total. The lowest BCUT2D eigenvalue weighted by atomic mass is 10.2. The number of carbonyl (C=O) groups is 1. The third-order valence-corrected chi connectivity index (χ3v) is 5.63. The van der Waals surface area contributed by atoms with Crippen molar-refractivity contribution in [2.45, 2.75) is 30.4 Å². The van der Waals surface area contributed by atoms with Crippen molar-refractivity contribution in [1.82, 2.24) is 10.0 Å². The van der Waals surface area contributed by atoms with Crippen LogP contribution in [0.2, 0.25) is 0 Å². The number of sulfonamides is 1. The molecule has 1 atom stereocenters. The van der Waals surface area contributed by atoms with Crippen LogP contribution in [0.5, 0.6) is 0 Å². The van der Waals surface area contributed by atoms with Crippen LogP contribution >= 0.6 is 0 Å². The molecule has 0 spiro atoms. The van der Waals surface area contributed by atoms with Crippen molar-refractivity contribution in [1.29, 1.82) is 0 Å². The summed E-state index contributed by atoms with van der Waals surface area (Å²) in [5.74, 6) is -0.305. The van der Waals surface area contributed by atoms with Gasteiger partial charge in [-0.3, -0.25) is 4.79 Å². The minimum absolute atomic E-state index is 0.0402. The Bertz CT molecular complexity index is 847. The normalized spacial score (nSPS) is 17.2. The molecule has 1 fully saturated rings. The van der Waals surface area contributed by atoms with Crippen LogP contribution in [-0.2, 0) is 21.3 Å². The van der Waals surface area contributed by atoms with Gasteiger partial charge in [-0.15, -0.1) is 0 Å². The second-order valence-corrected chi connectivity index (χ2v) is 7.95. The second-order valence-electron chi connectivity index (χ2n) is 6.18.